The summed E-state index contributed by atoms with van der Waals surface area (Å²) < 4.78 is 14.6. The highest BCUT2D eigenvalue weighted by molar-refractivity contribution is 5.76. The number of carbonyl (C=O) groups excluding carboxylic acids is 1. The minimum Gasteiger partial charge on any atom is -0.336 e. The third-order valence-electron chi connectivity index (χ3n) is 4.56. The number of likely N-dealkylation sites (tertiary alicyclic amines) is 1. The first-order valence-electron chi connectivity index (χ1n) is 8.15. The fourth-order valence-corrected chi connectivity index (χ4v) is 3.36. The fraction of sp³-hybridized carbons (Fsp3) is 0.444. The van der Waals surface area contributed by atoms with E-state index in [2.05, 4.69) is 18.9 Å². The highest BCUT2D eigenvalue weighted by Crippen LogP contribution is 2.23. The summed E-state index contributed by atoms with van der Waals surface area (Å²) in [6, 6.07) is 8.64. The third-order valence-corrected chi connectivity index (χ3v) is 4.56. The Morgan fingerprint density at radius 2 is 1.83 bits per heavy atom. The van der Waals surface area contributed by atoms with Gasteiger partial charge in [0.15, 0.2) is 0 Å². The van der Waals surface area contributed by atoms with Crippen LogP contribution in [-0.4, -0.2) is 32.7 Å². The van der Waals surface area contributed by atoms with Crippen molar-refractivity contribution in [1.29, 1.82) is 0 Å². The van der Waals surface area contributed by atoms with E-state index in [9.17, 15) is 9.18 Å². The van der Waals surface area contributed by atoms with Gasteiger partial charge < -0.3 is 4.90 Å². The van der Waals surface area contributed by atoms with Gasteiger partial charge in [0.25, 0.3) is 0 Å². The van der Waals surface area contributed by atoms with Crippen LogP contribution in [0, 0.1) is 5.82 Å². The fourth-order valence-electron chi connectivity index (χ4n) is 3.36. The van der Waals surface area contributed by atoms with E-state index in [-0.39, 0.29) is 18.3 Å². The van der Waals surface area contributed by atoms with Crippen molar-refractivity contribution in [2.75, 3.05) is 0 Å². The Labute approximate surface area is 135 Å². The summed E-state index contributed by atoms with van der Waals surface area (Å²) in [4.78, 5) is 14.6. The van der Waals surface area contributed by atoms with E-state index < -0.39 is 0 Å². The molecule has 4 nitrogen and oxygen atoms in total. The van der Waals surface area contributed by atoms with E-state index in [4.69, 9.17) is 0 Å². The van der Waals surface area contributed by atoms with Crippen LogP contribution in [0.4, 0.5) is 4.39 Å². The van der Waals surface area contributed by atoms with Crippen molar-refractivity contribution in [2.45, 2.75) is 51.7 Å². The Kier molecular flexibility index (Phi) is 4.46. The van der Waals surface area contributed by atoms with Gasteiger partial charge in [-0.2, -0.15) is 5.10 Å². The van der Waals surface area contributed by atoms with Gasteiger partial charge in [0.05, 0.1) is 5.69 Å². The second-order valence-corrected chi connectivity index (χ2v) is 6.34. The van der Waals surface area contributed by atoms with Crippen LogP contribution in [0.3, 0.4) is 0 Å². The first-order chi connectivity index (χ1) is 11.0. The number of carbonyl (C=O) groups is 1. The summed E-state index contributed by atoms with van der Waals surface area (Å²) >= 11 is 0. The molecular formula is C18H22FN3O. The van der Waals surface area contributed by atoms with Gasteiger partial charge in [-0.3, -0.25) is 9.48 Å². The quantitative estimate of drug-likeness (QED) is 0.870. The summed E-state index contributed by atoms with van der Waals surface area (Å²) in [5.41, 5.74) is 1.59. The molecule has 1 saturated heterocycles. The van der Waals surface area contributed by atoms with Gasteiger partial charge in [-0.1, -0.05) is 0 Å². The lowest BCUT2D eigenvalue weighted by molar-refractivity contribution is -0.138. The molecule has 0 bridgehead atoms. The predicted molar refractivity (Wildman–Crippen MR) is 87.2 cm³/mol. The zero-order chi connectivity index (χ0) is 16.4. The first kappa shape index (κ1) is 15.7. The Bertz CT molecular complexity index is 670. The molecule has 0 saturated carbocycles. The van der Waals surface area contributed by atoms with Gasteiger partial charge in [0.1, 0.15) is 12.4 Å². The van der Waals surface area contributed by atoms with E-state index in [0.29, 0.717) is 12.1 Å². The van der Waals surface area contributed by atoms with Crippen LogP contribution < -0.4 is 0 Å². The molecular weight excluding hydrogens is 293 g/mol. The Balaban J connectivity index is 1.71. The van der Waals surface area contributed by atoms with E-state index in [1.54, 1.807) is 23.0 Å². The lowest BCUT2D eigenvalue weighted by Crippen LogP contribution is -2.48. The lowest BCUT2D eigenvalue weighted by atomic mass is 9.97. The monoisotopic (exact) mass is 315 g/mol. The Morgan fingerprint density at radius 3 is 2.48 bits per heavy atom. The first-order valence-corrected chi connectivity index (χ1v) is 8.15. The highest BCUT2D eigenvalue weighted by atomic mass is 19.1. The lowest BCUT2D eigenvalue weighted by Gasteiger charge is -2.39. The third kappa shape index (κ3) is 3.44. The van der Waals surface area contributed by atoms with Gasteiger partial charge in [-0.15, -0.1) is 0 Å². The molecule has 1 aromatic carbocycles. The smallest absolute Gasteiger partial charge is 0.244 e. The molecule has 1 aliphatic rings. The minimum atomic E-state index is -0.267. The molecule has 3 rings (SSSR count). The molecule has 1 amide bonds. The van der Waals surface area contributed by atoms with Crippen molar-refractivity contribution in [3.63, 3.8) is 0 Å². The largest absolute Gasteiger partial charge is 0.336 e. The summed E-state index contributed by atoms with van der Waals surface area (Å²) in [6.45, 7) is 4.47. The van der Waals surface area contributed by atoms with Crippen LogP contribution in [0.1, 0.15) is 33.1 Å². The number of piperidine rings is 1. The Morgan fingerprint density at radius 1 is 1.17 bits per heavy atom. The minimum absolute atomic E-state index is 0.110. The maximum Gasteiger partial charge on any atom is 0.244 e. The van der Waals surface area contributed by atoms with Crippen LogP contribution in [0.5, 0.6) is 0 Å². The average molecular weight is 315 g/mol. The number of amides is 1. The summed E-state index contributed by atoms with van der Waals surface area (Å²) in [6.07, 6.45) is 5.12. The van der Waals surface area contributed by atoms with Crippen LogP contribution in [0.2, 0.25) is 0 Å². The number of rotatable bonds is 3. The zero-order valence-electron chi connectivity index (χ0n) is 13.6. The topological polar surface area (TPSA) is 38.1 Å². The molecule has 5 heteroatoms. The van der Waals surface area contributed by atoms with Crippen molar-refractivity contribution in [1.82, 2.24) is 14.7 Å². The van der Waals surface area contributed by atoms with Gasteiger partial charge >= 0.3 is 0 Å². The predicted octanol–water partition coefficient (Wildman–Crippen LogP) is 3.48. The summed E-state index contributed by atoms with van der Waals surface area (Å²) in [5.74, 6) is -0.158. The van der Waals surface area contributed by atoms with Crippen LogP contribution in [-0.2, 0) is 11.3 Å². The van der Waals surface area contributed by atoms with Crippen LogP contribution >= 0.6 is 0 Å². The summed E-state index contributed by atoms with van der Waals surface area (Å²) in [7, 11) is 0. The van der Waals surface area contributed by atoms with E-state index in [0.717, 1.165) is 24.1 Å². The molecule has 2 unspecified atom stereocenters. The van der Waals surface area contributed by atoms with E-state index in [1.165, 1.54) is 18.6 Å². The number of nitrogens with zero attached hydrogens (tertiary/aromatic N) is 3. The average Bonchev–Trinajstić information content (AvgIpc) is 2.96. The molecule has 2 aromatic rings. The van der Waals surface area contributed by atoms with E-state index in [1.807, 2.05) is 11.0 Å². The molecule has 2 atom stereocenters. The van der Waals surface area contributed by atoms with Gasteiger partial charge in [0.2, 0.25) is 5.91 Å². The van der Waals surface area contributed by atoms with Crippen LogP contribution in [0.15, 0.2) is 36.5 Å². The van der Waals surface area contributed by atoms with Crippen molar-refractivity contribution in [3.05, 3.63) is 42.3 Å². The summed E-state index contributed by atoms with van der Waals surface area (Å²) in [5, 5.41) is 4.44. The SMILES string of the molecule is CC1CCCC(C)N1C(=O)Cn1ccc(-c2ccc(F)cc2)n1. The molecule has 0 aliphatic carbocycles. The van der Waals surface area contributed by atoms with Crippen molar-refractivity contribution in [2.24, 2.45) is 0 Å². The molecule has 122 valence electrons. The number of benzene rings is 1. The Hall–Kier alpha value is -2.17. The van der Waals surface area contributed by atoms with E-state index >= 15 is 0 Å². The second kappa shape index (κ2) is 6.52. The molecule has 0 N–H and O–H groups in total. The molecule has 0 radical (unpaired) electrons. The normalized spacial score (nSPS) is 21.4. The van der Waals surface area contributed by atoms with Gasteiger partial charge in [-0.05, 0) is 63.4 Å². The number of aromatic nitrogens is 2. The second-order valence-electron chi connectivity index (χ2n) is 6.34. The number of halogens is 1. The molecule has 1 aliphatic heterocycles. The number of hydrogen-bond donors (Lipinski definition) is 0. The van der Waals surface area contributed by atoms with Crippen molar-refractivity contribution < 1.29 is 9.18 Å². The number of hydrogen-bond acceptors (Lipinski definition) is 2. The molecule has 23 heavy (non-hydrogen) atoms. The molecule has 2 heterocycles. The molecule has 1 fully saturated rings. The standard InChI is InChI=1S/C18H22FN3O/c1-13-4-3-5-14(2)22(13)18(23)12-21-11-10-17(20-21)15-6-8-16(19)9-7-15/h6-11,13-14H,3-5,12H2,1-2H3. The van der Waals surface area contributed by atoms with Crippen LogP contribution in [0.25, 0.3) is 11.3 Å². The molecule has 1 aromatic heterocycles. The van der Waals surface area contributed by atoms with Gasteiger partial charge in [-0.25, -0.2) is 4.39 Å². The maximum absolute atomic E-state index is 13.0. The van der Waals surface area contributed by atoms with Gasteiger partial charge in [0, 0.05) is 23.8 Å². The maximum atomic E-state index is 13.0. The van der Waals surface area contributed by atoms with Crippen molar-refractivity contribution >= 4 is 5.91 Å². The van der Waals surface area contributed by atoms with Crippen molar-refractivity contribution in [3.8, 4) is 11.3 Å². The molecule has 0 spiro atoms. The zero-order valence-corrected chi connectivity index (χ0v) is 13.6. The highest BCUT2D eigenvalue weighted by Gasteiger charge is 2.28.